The van der Waals surface area contributed by atoms with Crippen LogP contribution in [0.25, 0.3) is 0 Å². The van der Waals surface area contributed by atoms with Crippen LogP contribution >= 0.6 is 0 Å². The summed E-state index contributed by atoms with van der Waals surface area (Å²) in [5.74, 6) is -0.727. The van der Waals surface area contributed by atoms with Crippen molar-refractivity contribution in [2.45, 2.75) is 39.2 Å². The first kappa shape index (κ1) is 15.0. The molecule has 2 atom stereocenters. The van der Waals surface area contributed by atoms with Gasteiger partial charge in [0.15, 0.2) is 0 Å². The number of hydrogen-bond acceptors (Lipinski definition) is 3. The smallest absolute Gasteiger partial charge is 0.306 e. The van der Waals surface area contributed by atoms with Crippen molar-refractivity contribution in [1.82, 2.24) is 10.2 Å². The highest BCUT2D eigenvalue weighted by Crippen LogP contribution is 2.31. The Morgan fingerprint density at radius 2 is 2.06 bits per heavy atom. The third-order valence-corrected chi connectivity index (χ3v) is 3.83. The molecule has 1 saturated carbocycles. The van der Waals surface area contributed by atoms with Gasteiger partial charge in [0.1, 0.15) is 0 Å². The number of likely N-dealkylation sites (N-methyl/N-ethyl adjacent to an activating group) is 1. The number of rotatable bonds is 6. The van der Waals surface area contributed by atoms with E-state index < -0.39 is 5.97 Å². The zero-order valence-electron chi connectivity index (χ0n) is 11.5. The average Bonchev–Trinajstić information content (AvgIpc) is 2.76. The third-order valence-electron chi connectivity index (χ3n) is 3.83. The van der Waals surface area contributed by atoms with Gasteiger partial charge in [0.2, 0.25) is 5.91 Å². The third kappa shape index (κ3) is 3.98. The maximum atomic E-state index is 11.7. The lowest BCUT2D eigenvalue weighted by Gasteiger charge is -2.22. The topological polar surface area (TPSA) is 69.6 Å². The second kappa shape index (κ2) is 6.73. The molecule has 1 aliphatic rings. The predicted octanol–water partition coefficient (Wildman–Crippen LogP) is 0.944. The zero-order valence-corrected chi connectivity index (χ0v) is 11.5. The van der Waals surface area contributed by atoms with Gasteiger partial charge in [-0.1, -0.05) is 6.42 Å². The minimum atomic E-state index is -0.704. The van der Waals surface area contributed by atoms with E-state index in [2.05, 4.69) is 5.32 Å². The molecule has 0 spiro atoms. The molecule has 18 heavy (non-hydrogen) atoms. The van der Waals surface area contributed by atoms with E-state index >= 15 is 0 Å². The zero-order chi connectivity index (χ0) is 13.7. The number of carbonyl (C=O) groups excluding carboxylic acids is 1. The molecule has 0 radical (unpaired) electrons. The highest BCUT2D eigenvalue weighted by molar-refractivity contribution is 5.78. The fourth-order valence-corrected chi connectivity index (χ4v) is 2.38. The lowest BCUT2D eigenvalue weighted by atomic mass is 9.96. The van der Waals surface area contributed by atoms with Crippen LogP contribution in [0.4, 0.5) is 0 Å². The first-order valence-electron chi connectivity index (χ1n) is 6.62. The van der Waals surface area contributed by atoms with Crippen molar-refractivity contribution in [1.29, 1.82) is 0 Å². The van der Waals surface area contributed by atoms with Crippen LogP contribution in [0.3, 0.4) is 0 Å². The van der Waals surface area contributed by atoms with Crippen LogP contribution in [0.2, 0.25) is 0 Å². The molecule has 1 aliphatic carbocycles. The summed E-state index contributed by atoms with van der Waals surface area (Å²) < 4.78 is 0. The summed E-state index contributed by atoms with van der Waals surface area (Å²) in [6, 6.07) is 0.192. The van der Waals surface area contributed by atoms with Crippen LogP contribution in [0.1, 0.15) is 33.1 Å². The van der Waals surface area contributed by atoms with E-state index in [-0.39, 0.29) is 30.3 Å². The number of carbonyl (C=O) groups is 2. The molecule has 0 bridgehead atoms. The van der Waals surface area contributed by atoms with Gasteiger partial charge in [-0.15, -0.1) is 0 Å². The van der Waals surface area contributed by atoms with Gasteiger partial charge in [-0.25, -0.2) is 0 Å². The molecule has 0 aromatic rings. The summed E-state index contributed by atoms with van der Waals surface area (Å²) in [5, 5.41) is 12.1. The molecule has 1 fully saturated rings. The highest BCUT2D eigenvalue weighted by Gasteiger charge is 2.32. The van der Waals surface area contributed by atoms with Crippen LogP contribution in [0, 0.1) is 11.8 Å². The van der Waals surface area contributed by atoms with Gasteiger partial charge in [0.05, 0.1) is 12.5 Å². The van der Waals surface area contributed by atoms with Crippen molar-refractivity contribution in [2.24, 2.45) is 11.8 Å². The highest BCUT2D eigenvalue weighted by atomic mass is 16.4. The Morgan fingerprint density at radius 3 is 2.61 bits per heavy atom. The Balaban J connectivity index is 2.29. The van der Waals surface area contributed by atoms with Crippen LogP contribution in [0.15, 0.2) is 0 Å². The Hall–Kier alpha value is -1.10. The quantitative estimate of drug-likeness (QED) is 0.742. The fourth-order valence-electron chi connectivity index (χ4n) is 2.38. The molecule has 0 aromatic heterocycles. The largest absolute Gasteiger partial charge is 0.481 e. The number of hydrogen-bond donors (Lipinski definition) is 2. The van der Waals surface area contributed by atoms with E-state index in [4.69, 9.17) is 5.11 Å². The number of aliphatic carboxylic acids is 1. The predicted molar refractivity (Wildman–Crippen MR) is 69.2 cm³/mol. The molecule has 1 rings (SSSR count). The van der Waals surface area contributed by atoms with Crippen molar-refractivity contribution in [3.8, 4) is 0 Å². The molecular weight excluding hydrogens is 232 g/mol. The fraction of sp³-hybridized carbons (Fsp3) is 0.846. The van der Waals surface area contributed by atoms with Crippen molar-refractivity contribution in [3.63, 3.8) is 0 Å². The Bertz CT molecular complexity index is 305. The van der Waals surface area contributed by atoms with Gasteiger partial charge in [-0.05, 0) is 39.2 Å². The molecular formula is C13H24N2O3. The van der Waals surface area contributed by atoms with E-state index in [0.29, 0.717) is 6.54 Å². The van der Waals surface area contributed by atoms with Gasteiger partial charge in [-0.2, -0.15) is 0 Å². The second-order valence-corrected chi connectivity index (χ2v) is 5.37. The number of carboxylic acids is 1. The average molecular weight is 256 g/mol. The summed E-state index contributed by atoms with van der Waals surface area (Å²) in [5.41, 5.74) is 0. The van der Waals surface area contributed by atoms with Crippen LogP contribution in [-0.4, -0.2) is 48.1 Å². The van der Waals surface area contributed by atoms with Gasteiger partial charge in [-0.3, -0.25) is 9.59 Å². The molecule has 1 amide bonds. The number of amides is 1. The molecule has 2 unspecified atom stereocenters. The molecule has 2 N–H and O–H groups in total. The minimum Gasteiger partial charge on any atom is -0.481 e. The minimum absolute atomic E-state index is 0.0508. The summed E-state index contributed by atoms with van der Waals surface area (Å²) >= 11 is 0. The summed E-state index contributed by atoms with van der Waals surface area (Å²) in [4.78, 5) is 24.4. The van der Waals surface area contributed by atoms with Gasteiger partial charge in [0.25, 0.3) is 0 Å². The normalized spacial score (nSPS) is 23.3. The SMILES string of the molecule is CC(C)N(C)C(=O)CNCC1CCCC1C(=O)O. The van der Waals surface area contributed by atoms with E-state index in [1.165, 1.54) is 0 Å². The van der Waals surface area contributed by atoms with E-state index in [9.17, 15) is 9.59 Å². The van der Waals surface area contributed by atoms with E-state index in [1.54, 1.807) is 11.9 Å². The molecule has 104 valence electrons. The monoisotopic (exact) mass is 256 g/mol. The van der Waals surface area contributed by atoms with Crippen molar-refractivity contribution >= 4 is 11.9 Å². The molecule has 0 heterocycles. The molecule has 0 aromatic carbocycles. The van der Waals surface area contributed by atoms with Crippen molar-refractivity contribution in [3.05, 3.63) is 0 Å². The Morgan fingerprint density at radius 1 is 1.39 bits per heavy atom. The van der Waals surface area contributed by atoms with E-state index in [1.807, 2.05) is 13.8 Å². The Kier molecular flexibility index (Phi) is 5.59. The summed E-state index contributed by atoms with van der Waals surface area (Å²) in [6.07, 6.45) is 2.68. The van der Waals surface area contributed by atoms with Gasteiger partial charge >= 0.3 is 5.97 Å². The summed E-state index contributed by atoms with van der Waals surface area (Å²) in [7, 11) is 1.78. The number of nitrogens with zero attached hydrogens (tertiary/aromatic N) is 1. The van der Waals surface area contributed by atoms with Crippen LogP contribution < -0.4 is 5.32 Å². The lowest BCUT2D eigenvalue weighted by Crippen LogP contribution is -2.41. The second-order valence-electron chi connectivity index (χ2n) is 5.37. The standard InChI is InChI=1S/C13H24N2O3/c1-9(2)15(3)12(16)8-14-7-10-5-4-6-11(10)13(17)18/h9-11,14H,4-8H2,1-3H3,(H,17,18). The maximum Gasteiger partial charge on any atom is 0.306 e. The Labute approximate surface area is 109 Å². The van der Waals surface area contributed by atoms with Crippen LogP contribution in [-0.2, 0) is 9.59 Å². The molecule has 5 heteroatoms. The lowest BCUT2D eigenvalue weighted by molar-refractivity contribution is -0.142. The number of carboxylic acid groups (broad SMARTS) is 1. The molecule has 5 nitrogen and oxygen atoms in total. The maximum absolute atomic E-state index is 11.7. The molecule has 0 saturated heterocycles. The first-order valence-corrected chi connectivity index (χ1v) is 6.62. The van der Waals surface area contributed by atoms with Crippen molar-refractivity contribution < 1.29 is 14.7 Å². The summed E-state index contributed by atoms with van der Waals surface area (Å²) in [6.45, 7) is 4.84. The van der Waals surface area contributed by atoms with Gasteiger partial charge in [0, 0.05) is 13.1 Å². The van der Waals surface area contributed by atoms with Crippen LogP contribution in [0.5, 0.6) is 0 Å². The number of nitrogens with one attached hydrogen (secondary N) is 1. The first-order chi connectivity index (χ1) is 8.43. The van der Waals surface area contributed by atoms with Crippen molar-refractivity contribution in [2.75, 3.05) is 20.1 Å². The molecule has 0 aliphatic heterocycles. The van der Waals surface area contributed by atoms with Gasteiger partial charge < -0.3 is 15.3 Å². The van der Waals surface area contributed by atoms with E-state index in [0.717, 1.165) is 19.3 Å².